The molecule has 0 radical (unpaired) electrons. The van der Waals surface area contributed by atoms with E-state index in [-0.39, 0.29) is 17.4 Å². The van der Waals surface area contributed by atoms with Gasteiger partial charge in [-0.2, -0.15) is 10.2 Å². The summed E-state index contributed by atoms with van der Waals surface area (Å²) in [5, 5.41) is 14.4. The van der Waals surface area contributed by atoms with Crippen molar-refractivity contribution in [2.24, 2.45) is 0 Å². The average molecular weight is 315 g/mol. The van der Waals surface area contributed by atoms with Gasteiger partial charge in [-0.05, 0) is 37.8 Å². The fourth-order valence-corrected chi connectivity index (χ4v) is 3.13. The lowest BCUT2D eigenvalue weighted by Crippen LogP contribution is -2.39. The van der Waals surface area contributed by atoms with Gasteiger partial charge >= 0.3 is 0 Å². The molecule has 124 valence electrons. The Morgan fingerprint density at radius 2 is 2.09 bits per heavy atom. The molecule has 0 saturated carbocycles. The predicted octanol–water partition coefficient (Wildman–Crippen LogP) is 3.11. The fourth-order valence-electron chi connectivity index (χ4n) is 3.13. The number of likely N-dealkylation sites (tertiary alicyclic amines) is 1. The Hall–Kier alpha value is -2.11. The third kappa shape index (κ3) is 3.02. The zero-order valence-corrected chi connectivity index (χ0v) is 14.3. The van der Waals surface area contributed by atoms with Crippen LogP contribution in [0.1, 0.15) is 73.5 Å². The molecule has 1 fully saturated rings. The van der Waals surface area contributed by atoms with E-state index < -0.39 is 0 Å². The third-order valence-corrected chi connectivity index (χ3v) is 4.57. The second-order valence-electron chi connectivity index (χ2n) is 7.39. The average Bonchev–Trinajstić information content (AvgIpc) is 3.15. The summed E-state index contributed by atoms with van der Waals surface area (Å²) in [5.74, 6) is -0.00421. The number of nitrogens with zero attached hydrogens (tertiary/aromatic N) is 3. The molecule has 0 aromatic carbocycles. The van der Waals surface area contributed by atoms with Crippen molar-refractivity contribution >= 4 is 5.91 Å². The SMILES string of the molecule is Cc1cn[nH]c1C1CCCCN1C(=O)c1cc(C(C)(C)C)[nH]n1. The number of nitrogens with one attached hydrogen (secondary N) is 2. The number of hydrogen-bond donors (Lipinski definition) is 2. The van der Waals surface area contributed by atoms with Crippen molar-refractivity contribution in [3.8, 4) is 0 Å². The van der Waals surface area contributed by atoms with E-state index in [4.69, 9.17) is 0 Å². The van der Waals surface area contributed by atoms with Crippen LogP contribution in [0.2, 0.25) is 0 Å². The minimum atomic E-state index is -0.0488. The summed E-state index contributed by atoms with van der Waals surface area (Å²) in [6, 6.07) is 1.95. The van der Waals surface area contributed by atoms with E-state index in [1.807, 2.05) is 24.1 Å². The zero-order valence-electron chi connectivity index (χ0n) is 14.3. The number of carbonyl (C=O) groups is 1. The van der Waals surface area contributed by atoms with Gasteiger partial charge in [-0.3, -0.25) is 15.0 Å². The molecule has 6 nitrogen and oxygen atoms in total. The van der Waals surface area contributed by atoms with Gasteiger partial charge in [0.1, 0.15) is 5.69 Å². The van der Waals surface area contributed by atoms with Gasteiger partial charge < -0.3 is 4.90 Å². The molecule has 0 spiro atoms. The van der Waals surface area contributed by atoms with Crippen molar-refractivity contribution in [2.45, 2.75) is 58.4 Å². The quantitative estimate of drug-likeness (QED) is 0.894. The van der Waals surface area contributed by atoms with Crippen molar-refractivity contribution in [3.63, 3.8) is 0 Å². The first-order valence-electron chi connectivity index (χ1n) is 8.24. The van der Waals surface area contributed by atoms with Gasteiger partial charge in [0.15, 0.2) is 0 Å². The van der Waals surface area contributed by atoms with Crippen LogP contribution in [0.5, 0.6) is 0 Å². The highest BCUT2D eigenvalue weighted by Crippen LogP contribution is 2.32. The van der Waals surface area contributed by atoms with E-state index in [0.29, 0.717) is 5.69 Å². The summed E-state index contributed by atoms with van der Waals surface area (Å²) in [6.45, 7) is 9.10. The summed E-state index contributed by atoms with van der Waals surface area (Å²) in [5.41, 5.74) is 3.58. The largest absolute Gasteiger partial charge is 0.329 e. The highest BCUT2D eigenvalue weighted by molar-refractivity contribution is 5.92. The van der Waals surface area contributed by atoms with Crippen LogP contribution in [0.25, 0.3) is 0 Å². The molecule has 0 bridgehead atoms. The summed E-state index contributed by atoms with van der Waals surface area (Å²) in [4.78, 5) is 14.9. The van der Waals surface area contributed by atoms with Crippen molar-refractivity contribution in [2.75, 3.05) is 6.54 Å². The minimum Gasteiger partial charge on any atom is -0.329 e. The van der Waals surface area contributed by atoms with Crippen molar-refractivity contribution in [3.05, 3.63) is 34.9 Å². The molecule has 1 amide bonds. The monoisotopic (exact) mass is 315 g/mol. The number of hydrogen-bond acceptors (Lipinski definition) is 3. The molecule has 2 aromatic heterocycles. The maximum Gasteiger partial charge on any atom is 0.274 e. The molecule has 1 atom stereocenters. The van der Waals surface area contributed by atoms with E-state index in [1.54, 1.807) is 0 Å². The van der Waals surface area contributed by atoms with E-state index in [2.05, 4.69) is 41.2 Å². The Balaban J connectivity index is 1.87. The number of rotatable bonds is 2. The Bertz CT molecular complexity index is 694. The Labute approximate surface area is 136 Å². The van der Waals surface area contributed by atoms with Gasteiger partial charge in [0, 0.05) is 17.7 Å². The Kier molecular flexibility index (Phi) is 4.00. The van der Waals surface area contributed by atoms with Gasteiger partial charge in [-0.15, -0.1) is 0 Å². The molecule has 3 rings (SSSR count). The maximum atomic E-state index is 13.0. The van der Waals surface area contributed by atoms with Crippen LogP contribution in [-0.2, 0) is 5.41 Å². The fraction of sp³-hybridized carbons (Fsp3) is 0.588. The molecule has 3 heterocycles. The van der Waals surface area contributed by atoms with Crippen molar-refractivity contribution in [1.29, 1.82) is 0 Å². The molecule has 2 N–H and O–H groups in total. The van der Waals surface area contributed by atoms with Crippen molar-refractivity contribution < 1.29 is 4.79 Å². The number of amides is 1. The lowest BCUT2D eigenvalue weighted by atomic mass is 9.92. The highest BCUT2D eigenvalue weighted by atomic mass is 16.2. The predicted molar refractivity (Wildman–Crippen MR) is 88.2 cm³/mol. The summed E-state index contributed by atoms with van der Waals surface area (Å²) < 4.78 is 0. The number of piperidine rings is 1. The molecule has 1 aliphatic heterocycles. The number of H-pyrrole nitrogens is 2. The number of aromatic amines is 2. The first-order valence-corrected chi connectivity index (χ1v) is 8.24. The number of aryl methyl sites for hydroxylation is 1. The first kappa shape index (κ1) is 15.8. The summed E-state index contributed by atoms with van der Waals surface area (Å²) in [7, 11) is 0. The van der Waals surface area contributed by atoms with E-state index in [1.165, 1.54) is 0 Å². The molecule has 1 unspecified atom stereocenters. The van der Waals surface area contributed by atoms with Gasteiger partial charge in [-0.1, -0.05) is 20.8 Å². The van der Waals surface area contributed by atoms with Crippen LogP contribution in [0, 0.1) is 6.92 Å². The lowest BCUT2D eigenvalue weighted by Gasteiger charge is -2.35. The topological polar surface area (TPSA) is 77.7 Å². The molecule has 6 heteroatoms. The number of aromatic nitrogens is 4. The van der Waals surface area contributed by atoms with E-state index in [9.17, 15) is 4.79 Å². The van der Waals surface area contributed by atoms with Crippen LogP contribution in [0.15, 0.2) is 12.3 Å². The summed E-state index contributed by atoms with van der Waals surface area (Å²) >= 11 is 0. The Morgan fingerprint density at radius 1 is 1.30 bits per heavy atom. The maximum absolute atomic E-state index is 13.0. The lowest BCUT2D eigenvalue weighted by molar-refractivity contribution is 0.0599. The zero-order chi connectivity index (χ0) is 16.6. The van der Waals surface area contributed by atoms with Gasteiger partial charge in [-0.25, -0.2) is 0 Å². The van der Waals surface area contributed by atoms with Gasteiger partial charge in [0.05, 0.1) is 17.9 Å². The molecule has 1 saturated heterocycles. The second-order valence-corrected chi connectivity index (χ2v) is 7.39. The van der Waals surface area contributed by atoms with Gasteiger partial charge in [0.25, 0.3) is 5.91 Å². The molecular formula is C17H25N5O. The van der Waals surface area contributed by atoms with Crippen molar-refractivity contribution in [1.82, 2.24) is 25.3 Å². The van der Waals surface area contributed by atoms with Crippen LogP contribution in [0.3, 0.4) is 0 Å². The van der Waals surface area contributed by atoms with Crippen LogP contribution < -0.4 is 0 Å². The van der Waals surface area contributed by atoms with E-state index >= 15 is 0 Å². The standard InChI is InChI=1S/C17H25N5O/c1-11-10-18-21-15(11)13-7-5-6-8-22(13)16(23)12-9-14(20-19-12)17(2,3)4/h9-10,13H,5-8H2,1-4H3,(H,18,21)(H,19,20). The highest BCUT2D eigenvalue weighted by Gasteiger charge is 2.32. The molecule has 23 heavy (non-hydrogen) atoms. The van der Waals surface area contributed by atoms with Gasteiger partial charge in [0.2, 0.25) is 0 Å². The first-order chi connectivity index (χ1) is 10.9. The van der Waals surface area contributed by atoms with Crippen LogP contribution in [0.4, 0.5) is 0 Å². The van der Waals surface area contributed by atoms with Crippen LogP contribution >= 0.6 is 0 Å². The third-order valence-electron chi connectivity index (χ3n) is 4.57. The van der Waals surface area contributed by atoms with E-state index in [0.717, 1.165) is 42.8 Å². The molecular weight excluding hydrogens is 290 g/mol. The molecule has 0 aliphatic carbocycles. The summed E-state index contributed by atoms with van der Waals surface area (Å²) in [6.07, 6.45) is 4.94. The second kappa shape index (κ2) is 5.83. The molecule has 2 aromatic rings. The smallest absolute Gasteiger partial charge is 0.274 e. The minimum absolute atomic E-state index is 0.00421. The normalized spacial score (nSPS) is 19.1. The van der Waals surface area contributed by atoms with Crippen LogP contribution in [-0.4, -0.2) is 37.7 Å². The number of carbonyl (C=O) groups excluding carboxylic acids is 1. The Morgan fingerprint density at radius 3 is 2.70 bits per heavy atom. The molecule has 1 aliphatic rings.